The summed E-state index contributed by atoms with van der Waals surface area (Å²) in [5.41, 5.74) is 7.01. The smallest absolute Gasteiger partial charge is 0.407 e. The van der Waals surface area contributed by atoms with E-state index >= 15 is 0 Å². The number of rotatable bonds is 10. The topological polar surface area (TPSA) is 76.4 Å². The van der Waals surface area contributed by atoms with Gasteiger partial charge in [-0.2, -0.15) is 0 Å². The molecule has 118 valence electrons. The molecular formula is C16H27N3O2. The van der Waals surface area contributed by atoms with Gasteiger partial charge < -0.3 is 21.1 Å². The molecule has 0 saturated heterocycles. The lowest BCUT2D eigenvalue weighted by atomic mass is 10.1. The molecule has 0 bridgehead atoms. The second kappa shape index (κ2) is 11.1. The molecular weight excluding hydrogens is 266 g/mol. The highest BCUT2D eigenvalue weighted by molar-refractivity contribution is 5.66. The molecule has 1 aromatic carbocycles. The van der Waals surface area contributed by atoms with E-state index in [1.165, 1.54) is 5.56 Å². The molecule has 0 fully saturated rings. The number of ether oxygens (including phenoxy) is 1. The first-order chi connectivity index (χ1) is 10.3. The van der Waals surface area contributed by atoms with E-state index in [1.807, 2.05) is 18.2 Å². The average molecular weight is 293 g/mol. The molecule has 0 aliphatic carbocycles. The van der Waals surface area contributed by atoms with Gasteiger partial charge in [-0.25, -0.2) is 4.79 Å². The number of nitrogens with one attached hydrogen (secondary N) is 2. The van der Waals surface area contributed by atoms with Gasteiger partial charge in [0.2, 0.25) is 0 Å². The van der Waals surface area contributed by atoms with Crippen LogP contribution in [0.15, 0.2) is 30.3 Å². The minimum absolute atomic E-state index is 0.194. The lowest BCUT2D eigenvalue weighted by Crippen LogP contribution is -2.40. The summed E-state index contributed by atoms with van der Waals surface area (Å²) in [6.07, 6.45) is 2.55. The minimum atomic E-state index is -0.349. The number of benzene rings is 1. The number of amides is 1. The lowest BCUT2D eigenvalue weighted by Gasteiger charge is -2.17. The quantitative estimate of drug-likeness (QED) is 0.574. The van der Waals surface area contributed by atoms with Crippen molar-refractivity contribution in [2.75, 3.05) is 26.2 Å². The van der Waals surface area contributed by atoms with Crippen LogP contribution in [0.3, 0.4) is 0 Å². The van der Waals surface area contributed by atoms with Crippen molar-refractivity contribution in [2.45, 2.75) is 32.2 Å². The van der Waals surface area contributed by atoms with Crippen molar-refractivity contribution in [3.8, 4) is 0 Å². The first-order valence-electron chi connectivity index (χ1n) is 7.64. The maximum Gasteiger partial charge on any atom is 0.407 e. The average Bonchev–Trinajstić information content (AvgIpc) is 2.51. The molecule has 1 unspecified atom stereocenters. The Morgan fingerprint density at radius 1 is 1.29 bits per heavy atom. The van der Waals surface area contributed by atoms with Gasteiger partial charge in [0.1, 0.15) is 6.61 Å². The van der Waals surface area contributed by atoms with Crippen molar-refractivity contribution < 1.29 is 9.53 Å². The van der Waals surface area contributed by atoms with Gasteiger partial charge in [-0.1, -0.05) is 43.7 Å². The van der Waals surface area contributed by atoms with Gasteiger partial charge in [0.25, 0.3) is 0 Å². The number of alkyl carbamates (subject to hydrolysis) is 1. The van der Waals surface area contributed by atoms with Crippen molar-refractivity contribution in [1.29, 1.82) is 0 Å². The molecule has 21 heavy (non-hydrogen) atoms. The fourth-order valence-corrected chi connectivity index (χ4v) is 1.96. The minimum Gasteiger partial charge on any atom is -0.448 e. The summed E-state index contributed by atoms with van der Waals surface area (Å²) in [5.74, 6) is 0. The van der Waals surface area contributed by atoms with E-state index in [0.29, 0.717) is 26.2 Å². The van der Waals surface area contributed by atoms with Crippen LogP contribution in [0, 0.1) is 0 Å². The first-order valence-corrected chi connectivity index (χ1v) is 7.64. The number of carbonyl (C=O) groups is 1. The van der Waals surface area contributed by atoms with Crippen LogP contribution < -0.4 is 16.4 Å². The summed E-state index contributed by atoms with van der Waals surface area (Å²) < 4.78 is 5.08. The van der Waals surface area contributed by atoms with Gasteiger partial charge in [-0.3, -0.25) is 0 Å². The van der Waals surface area contributed by atoms with Gasteiger partial charge in [-0.15, -0.1) is 0 Å². The van der Waals surface area contributed by atoms with Gasteiger partial charge in [0.05, 0.1) is 0 Å². The summed E-state index contributed by atoms with van der Waals surface area (Å²) in [4.78, 5) is 11.3. The third kappa shape index (κ3) is 8.32. The Labute approximate surface area is 127 Å². The second-order valence-corrected chi connectivity index (χ2v) is 4.99. The molecule has 0 spiro atoms. The van der Waals surface area contributed by atoms with Gasteiger partial charge in [0, 0.05) is 25.7 Å². The Bertz CT molecular complexity index is 384. The largest absolute Gasteiger partial charge is 0.448 e. The van der Waals surface area contributed by atoms with Crippen LogP contribution in [0.1, 0.15) is 25.3 Å². The zero-order valence-electron chi connectivity index (χ0n) is 12.8. The van der Waals surface area contributed by atoms with E-state index in [4.69, 9.17) is 10.5 Å². The second-order valence-electron chi connectivity index (χ2n) is 4.99. The van der Waals surface area contributed by atoms with E-state index in [2.05, 4.69) is 29.7 Å². The van der Waals surface area contributed by atoms with Gasteiger partial charge in [-0.05, 0) is 18.4 Å². The molecule has 0 saturated carbocycles. The molecule has 0 radical (unpaired) electrons. The predicted molar refractivity (Wildman–Crippen MR) is 85.2 cm³/mol. The van der Waals surface area contributed by atoms with Gasteiger partial charge in [0.15, 0.2) is 0 Å². The molecule has 1 amide bonds. The number of hydrogen-bond acceptors (Lipinski definition) is 4. The number of carbonyl (C=O) groups excluding carboxylic acids is 1. The molecule has 0 heterocycles. The number of nitrogens with two attached hydrogens (primary N) is 1. The highest BCUT2D eigenvalue weighted by atomic mass is 16.5. The summed E-state index contributed by atoms with van der Waals surface area (Å²) >= 11 is 0. The lowest BCUT2D eigenvalue weighted by molar-refractivity contribution is 0.145. The van der Waals surface area contributed by atoms with Crippen molar-refractivity contribution in [3.63, 3.8) is 0 Å². The molecule has 5 heteroatoms. The third-order valence-electron chi connectivity index (χ3n) is 3.18. The van der Waals surface area contributed by atoms with Crippen LogP contribution in [-0.2, 0) is 11.2 Å². The third-order valence-corrected chi connectivity index (χ3v) is 3.18. The van der Waals surface area contributed by atoms with E-state index < -0.39 is 0 Å². The normalized spacial score (nSPS) is 11.9. The Hall–Kier alpha value is -1.59. The fraction of sp³-hybridized carbons (Fsp3) is 0.562. The first kappa shape index (κ1) is 17.5. The highest BCUT2D eigenvalue weighted by Gasteiger charge is 2.07. The monoisotopic (exact) mass is 293 g/mol. The van der Waals surface area contributed by atoms with Crippen molar-refractivity contribution in [3.05, 3.63) is 35.9 Å². The summed E-state index contributed by atoms with van der Waals surface area (Å²) in [7, 11) is 0. The Morgan fingerprint density at radius 2 is 2.05 bits per heavy atom. The highest BCUT2D eigenvalue weighted by Crippen LogP contribution is 2.02. The zero-order valence-corrected chi connectivity index (χ0v) is 12.8. The fourth-order valence-electron chi connectivity index (χ4n) is 1.96. The molecule has 0 aliphatic rings. The SMILES string of the molecule is CCCCNC(=O)OCCNC(CN)Cc1ccccc1. The maximum absolute atomic E-state index is 11.3. The summed E-state index contributed by atoms with van der Waals surface area (Å²) in [6.45, 7) is 4.26. The Balaban J connectivity index is 2.13. The molecule has 1 aromatic rings. The van der Waals surface area contributed by atoms with Crippen LogP contribution in [0.25, 0.3) is 0 Å². The molecule has 1 atom stereocenters. The van der Waals surface area contributed by atoms with E-state index in [1.54, 1.807) is 0 Å². The van der Waals surface area contributed by atoms with E-state index in [9.17, 15) is 4.79 Å². The van der Waals surface area contributed by atoms with E-state index in [0.717, 1.165) is 19.3 Å². The van der Waals surface area contributed by atoms with Gasteiger partial charge >= 0.3 is 6.09 Å². The van der Waals surface area contributed by atoms with Crippen molar-refractivity contribution in [2.24, 2.45) is 5.73 Å². The standard InChI is InChI=1S/C16H27N3O2/c1-2-3-9-19-16(20)21-11-10-18-15(13-17)12-14-7-5-4-6-8-14/h4-8,15,18H,2-3,9-13,17H2,1H3,(H,19,20). The van der Waals surface area contributed by atoms with Crippen LogP contribution in [0.2, 0.25) is 0 Å². The predicted octanol–water partition coefficient (Wildman–Crippen LogP) is 1.67. The number of hydrogen-bond donors (Lipinski definition) is 3. The number of unbranched alkanes of at least 4 members (excludes halogenated alkanes) is 1. The molecule has 4 N–H and O–H groups in total. The van der Waals surface area contributed by atoms with Crippen molar-refractivity contribution in [1.82, 2.24) is 10.6 Å². The van der Waals surface area contributed by atoms with E-state index in [-0.39, 0.29) is 12.1 Å². The Kier molecular flexibility index (Phi) is 9.24. The van der Waals surface area contributed by atoms with Crippen LogP contribution >= 0.6 is 0 Å². The summed E-state index contributed by atoms with van der Waals surface area (Å²) in [5, 5.41) is 6.02. The van der Waals surface area contributed by atoms with Crippen LogP contribution in [0.5, 0.6) is 0 Å². The summed E-state index contributed by atoms with van der Waals surface area (Å²) in [6, 6.07) is 10.4. The Morgan fingerprint density at radius 3 is 2.71 bits per heavy atom. The van der Waals surface area contributed by atoms with Crippen molar-refractivity contribution >= 4 is 6.09 Å². The molecule has 0 aliphatic heterocycles. The molecule has 1 rings (SSSR count). The van der Waals surface area contributed by atoms with Crippen LogP contribution in [0.4, 0.5) is 4.79 Å². The van der Waals surface area contributed by atoms with Crippen LogP contribution in [-0.4, -0.2) is 38.4 Å². The maximum atomic E-state index is 11.3. The zero-order chi connectivity index (χ0) is 15.3. The molecule has 0 aromatic heterocycles. The molecule has 5 nitrogen and oxygen atoms in total.